The Kier molecular flexibility index (Phi) is 1.92. The lowest BCUT2D eigenvalue weighted by atomic mass is 9.89. The summed E-state index contributed by atoms with van der Waals surface area (Å²) in [6.45, 7) is 3.76. The maximum absolute atomic E-state index is 2.59. The Morgan fingerprint density at radius 1 is 1.18 bits per heavy atom. The van der Waals surface area contributed by atoms with Gasteiger partial charge in [0.25, 0.3) is 0 Å². The maximum atomic E-state index is 2.59. The fraction of sp³-hybridized carbons (Fsp3) is 1.00. The van der Waals surface area contributed by atoms with Crippen LogP contribution in [0, 0.1) is 11.8 Å². The molecule has 1 heterocycles. The van der Waals surface area contributed by atoms with Crippen molar-refractivity contribution < 1.29 is 0 Å². The largest absolute Gasteiger partial charge is 0.303 e. The summed E-state index contributed by atoms with van der Waals surface area (Å²) in [5.41, 5.74) is 0. The quantitative estimate of drug-likeness (QED) is 0.515. The number of nitrogens with zero attached hydrogens (tertiary/aromatic N) is 1. The minimum Gasteiger partial charge on any atom is -0.303 e. The number of likely N-dealkylation sites (tertiary alicyclic amines) is 1. The summed E-state index contributed by atoms with van der Waals surface area (Å²) in [5.74, 6) is 2.01. The molecular formula is C10H19N. The molecule has 1 saturated heterocycles. The van der Waals surface area contributed by atoms with Crippen molar-refractivity contribution in [3.05, 3.63) is 0 Å². The summed E-state index contributed by atoms with van der Waals surface area (Å²) in [6, 6.07) is 0.934. The van der Waals surface area contributed by atoms with E-state index in [1.165, 1.54) is 32.2 Å². The molecule has 1 heteroatoms. The van der Waals surface area contributed by atoms with Crippen LogP contribution in [0.2, 0.25) is 0 Å². The van der Waals surface area contributed by atoms with E-state index in [1.807, 2.05) is 0 Å². The van der Waals surface area contributed by atoms with Crippen molar-refractivity contribution in [3.63, 3.8) is 0 Å². The van der Waals surface area contributed by atoms with Gasteiger partial charge >= 0.3 is 0 Å². The third-order valence-corrected chi connectivity index (χ3v) is 3.65. The fourth-order valence-electron chi connectivity index (χ4n) is 3.14. The topological polar surface area (TPSA) is 3.24 Å². The number of rotatable bonds is 0. The number of hydrogen-bond acceptors (Lipinski definition) is 1. The highest BCUT2D eigenvalue weighted by Gasteiger charge is 2.37. The molecule has 0 amide bonds. The van der Waals surface area contributed by atoms with Crippen molar-refractivity contribution in [1.82, 2.24) is 4.90 Å². The van der Waals surface area contributed by atoms with E-state index in [4.69, 9.17) is 0 Å². The van der Waals surface area contributed by atoms with Crippen LogP contribution < -0.4 is 0 Å². The Balaban J connectivity index is 2.08. The van der Waals surface area contributed by atoms with Crippen LogP contribution in [0.5, 0.6) is 0 Å². The first-order chi connectivity index (χ1) is 5.29. The van der Waals surface area contributed by atoms with Crippen molar-refractivity contribution in [2.75, 3.05) is 13.6 Å². The maximum Gasteiger partial charge on any atom is 0.0146 e. The highest BCUT2D eigenvalue weighted by atomic mass is 15.1. The predicted octanol–water partition coefficient (Wildman–Crippen LogP) is 2.13. The van der Waals surface area contributed by atoms with Crippen LogP contribution in [-0.4, -0.2) is 24.5 Å². The van der Waals surface area contributed by atoms with Gasteiger partial charge in [0.15, 0.2) is 0 Å². The Hall–Kier alpha value is -0.0400. The highest BCUT2D eigenvalue weighted by Crippen LogP contribution is 2.39. The number of hydrogen-bond donors (Lipinski definition) is 0. The van der Waals surface area contributed by atoms with Gasteiger partial charge in [0.1, 0.15) is 0 Å². The molecule has 0 radical (unpaired) electrons. The lowest BCUT2D eigenvalue weighted by Gasteiger charge is -2.37. The van der Waals surface area contributed by atoms with Gasteiger partial charge in [-0.1, -0.05) is 6.92 Å². The molecule has 1 nitrogen and oxygen atoms in total. The first kappa shape index (κ1) is 7.60. The van der Waals surface area contributed by atoms with Gasteiger partial charge in [-0.15, -0.1) is 0 Å². The van der Waals surface area contributed by atoms with Gasteiger partial charge in [-0.25, -0.2) is 0 Å². The van der Waals surface area contributed by atoms with Crippen molar-refractivity contribution in [3.8, 4) is 0 Å². The minimum absolute atomic E-state index is 0.934. The first-order valence-electron chi connectivity index (χ1n) is 4.99. The second-order valence-electron chi connectivity index (χ2n) is 4.43. The average Bonchev–Trinajstić information content (AvgIpc) is 2.34. The van der Waals surface area contributed by atoms with Gasteiger partial charge in [-0.05, 0) is 51.1 Å². The summed E-state index contributed by atoms with van der Waals surface area (Å²) >= 11 is 0. The summed E-state index contributed by atoms with van der Waals surface area (Å²) in [5, 5.41) is 0. The van der Waals surface area contributed by atoms with Crippen LogP contribution in [0.25, 0.3) is 0 Å². The SMILES string of the molecule is C[C@@H]1CCC2CCCN(C)C21. The van der Waals surface area contributed by atoms with Crippen LogP contribution in [0.1, 0.15) is 32.6 Å². The van der Waals surface area contributed by atoms with Gasteiger partial charge in [0.05, 0.1) is 0 Å². The predicted molar refractivity (Wildman–Crippen MR) is 47.5 cm³/mol. The Labute approximate surface area is 69.8 Å². The third kappa shape index (κ3) is 1.20. The standard InChI is InChI=1S/C10H19N/c1-8-5-6-9-4-3-7-11(2)10(8)9/h8-10H,3-7H2,1-2H3/t8-,9?,10?/m1/s1. The molecule has 2 rings (SSSR count). The third-order valence-electron chi connectivity index (χ3n) is 3.65. The van der Waals surface area contributed by atoms with Crippen molar-refractivity contribution in [2.24, 2.45) is 11.8 Å². The second-order valence-corrected chi connectivity index (χ2v) is 4.43. The lowest BCUT2D eigenvalue weighted by Crippen LogP contribution is -2.42. The molecule has 1 saturated carbocycles. The van der Waals surface area contributed by atoms with E-state index < -0.39 is 0 Å². The van der Waals surface area contributed by atoms with Gasteiger partial charge < -0.3 is 4.90 Å². The first-order valence-corrected chi connectivity index (χ1v) is 4.99. The van der Waals surface area contributed by atoms with E-state index >= 15 is 0 Å². The molecule has 1 aliphatic carbocycles. The van der Waals surface area contributed by atoms with Crippen LogP contribution >= 0.6 is 0 Å². The van der Waals surface area contributed by atoms with Crippen LogP contribution in [0.15, 0.2) is 0 Å². The zero-order valence-electron chi connectivity index (χ0n) is 7.71. The molecule has 2 unspecified atom stereocenters. The summed E-state index contributed by atoms with van der Waals surface area (Å²) in [6.07, 6.45) is 5.90. The molecular weight excluding hydrogens is 134 g/mol. The number of piperidine rings is 1. The van der Waals surface area contributed by atoms with E-state index in [-0.39, 0.29) is 0 Å². The van der Waals surface area contributed by atoms with Gasteiger partial charge in [0.2, 0.25) is 0 Å². The zero-order valence-corrected chi connectivity index (χ0v) is 7.71. The zero-order chi connectivity index (χ0) is 7.84. The normalized spacial score (nSPS) is 45.8. The van der Waals surface area contributed by atoms with Crippen molar-refractivity contribution in [1.29, 1.82) is 0 Å². The average molecular weight is 153 g/mol. The van der Waals surface area contributed by atoms with Crippen molar-refractivity contribution >= 4 is 0 Å². The van der Waals surface area contributed by atoms with Crippen LogP contribution in [-0.2, 0) is 0 Å². The Morgan fingerprint density at radius 3 is 2.73 bits per heavy atom. The second kappa shape index (κ2) is 2.78. The van der Waals surface area contributed by atoms with E-state index in [0.717, 1.165) is 17.9 Å². The molecule has 0 aromatic carbocycles. The van der Waals surface area contributed by atoms with Crippen molar-refractivity contribution in [2.45, 2.75) is 38.6 Å². The lowest BCUT2D eigenvalue weighted by molar-refractivity contribution is 0.118. The summed E-state index contributed by atoms with van der Waals surface area (Å²) < 4.78 is 0. The molecule has 64 valence electrons. The molecule has 11 heavy (non-hydrogen) atoms. The molecule has 2 aliphatic rings. The molecule has 0 bridgehead atoms. The monoisotopic (exact) mass is 153 g/mol. The van der Waals surface area contributed by atoms with E-state index in [2.05, 4.69) is 18.9 Å². The van der Waals surface area contributed by atoms with Crippen LogP contribution in [0.3, 0.4) is 0 Å². The smallest absolute Gasteiger partial charge is 0.0146 e. The Bertz CT molecular complexity index is 142. The van der Waals surface area contributed by atoms with Gasteiger partial charge in [-0.2, -0.15) is 0 Å². The van der Waals surface area contributed by atoms with E-state index in [1.54, 1.807) is 0 Å². The highest BCUT2D eigenvalue weighted by molar-refractivity contribution is 4.91. The summed E-state index contributed by atoms with van der Waals surface area (Å²) in [7, 11) is 2.30. The number of fused-ring (bicyclic) bond motifs is 1. The van der Waals surface area contributed by atoms with E-state index in [9.17, 15) is 0 Å². The van der Waals surface area contributed by atoms with Crippen LogP contribution in [0.4, 0.5) is 0 Å². The molecule has 0 N–H and O–H groups in total. The molecule has 0 aromatic heterocycles. The minimum atomic E-state index is 0.934. The molecule has 3 atom stereocenters. The van der Waals surface area contributed by atoms with Gasteiger partial charge in [0, 0.05) is 6.04 Å². The van der Waals surface area contributed by atoms with E-state index in [0.29, 0.717) is 0 Å². The fourth-order valence-corrected chi connectivity index (χ4v) is 3.14. The molecule has 2 fully saturated rings. The molecule has 1 aliphatic heterocycles. The molecule has 0 aromatic rings. The Morgan fingerprint density at radius 2 is 2.00 bits per heavy atom. The summed E-state index contributed by atoms with van der Waals surface area (Å²) in [4.78, 5) is 2.59. The molecule has 0 spiro atoms. The van der Waals surface area contributed by atoms with Gasteiger partial charge in [-0.3, -0.25) is 0 Å².